The highest BCUT2D eigenvalue weighted by Gasteiger charge is 2.16. The second-order valence-corrected chi connectivity index (χ2v) is 8.04. The minimum absolute atomic E-state index is 0.107. The highest BCUT2D eigenvalue weighted by Crippen LogP contribution is 2.26. The van der Waals surface area contributed by atoms with Gasteiger partial charge in [0.15, 0.2) is 5.11 Å². The van der Waals surface area contributed by atoms with Crippen molar-refractivity contribution in [1.29, 1.82) is 0 Å². The molecule has 0 aliphatic heterocycles. The molecule has 0 spiro atoms. The second kappa shape index (κ2) is 10.5. The monoisotopic (exact) mass is 376 g/mol. The van der Waals surface area contributed by atoms with Crippen molar-refractivity contribution in [3.8, 4) is 0 Å². The van der Waals surface area contributed by atoms with Crippen LogP contribution in [-0.4, -0.2) is 32.3 Å². The maximum atomic E-state index is 5.53. The highest BCUT2D eigenvalue weighted by atomic mass is 32.1. The number of aryl methyl sites for hydroxylation is 1. The van der Waals surface area contributed by atoms with Crippen LogP contribution in [0.15, 0.2) is 41.8 Å². The molecule has 2 rings (SSSR count). The summed E-state index contributed by atoms with van der Waals surface area (Å²) in [7, 11) is 4.34. The fraction of sp³-hybridized carbons (Fsp3) is 0.450. The molecule has 0 saturated heterocycles. The number of hydrogen-bond acceptors (Lipinski definition) is 2. The zero-order valence-corrected chi connectivity index (χ0v) is 17.1. The number of quaternary nitrogens is 1. The van der Waals surface area contributed by atoms with Gasteiger partial charge in [0.25, 0.3) is 0 Å². The van der Waals surface area contributed by atoms with Crippen molar-refractivity contribution in [2.24, 2.45) is 0 Å². The average Bonchev–Trinajstić information content (AvgIpc) is 3.12. The predicted octanol–water partition coefficient (Wildman–Crippen LogP) is 2.79. The second-order valence-electron chi connectivity index (χ2n) is 6.65. The van der Waals surface area contributed by atoms with Crippen LogP contribution < -0.4 is 15.5 Å². The summed E-state index contributed by atoms with van der Waals surface area (Å²) in [5.41, 5.74) is 2.65. The maximum Gasteiger partial charge on any atom is 0.167 e. The normalized spacial score (nSPS) is 12.2. The Hall–Kier alpha value is -1.43. The van der Waals surface area contributed by atoms with Crippen LogP contribution in [0.5, 0.6) is 0 Å². The molecule has 1 atom stereocenters. The number of rotatable bonds is 9. The van der Waals surface area contributed by atoms with Crippen LogP contribution in [0, 0.1) is 0 Å². The summed E-state index contributed by atoms with van der Waals surface area (Å²) in [5, 5.41) is 9.69. The van der Waals surface area contributed by atoms with Crippen LogP contribution in [0.2, 0.25) is 0 Å². The van der Waals surface area contributed by atoms with Gasteiger partial charge in [-0.05, 0) is 41.2 Å². The van der Waals surface area contributed by atoms with E-state index in [1.807, 2.05) is 0 Å². The molecule has 0 amide bonds. The fourth-order valence-electron chi connectivity index (χ4n) is 2.77. The van der Waals surface area contributed by atoms with Crippen LogP contribution in [-0.2, 0) is 6.42 Å². The van der Waals surface area contributed by atoms with Gasteiger partial charge < -0.3 is 15.5 Å². The van der Waals surface area contributed by atoms with Gasteiger partial charge in [-0.25, -0.2) is 0 Å². The van der Waals surface area contributed by atoms with E-state index in [1.54, 1.807) is 11.3 Å². The van der Waals surface area contributed by atoms with E-state index in [-0.39, 0.29) is 6.04 Å². The number of thiophene rings is 1. The molecule has 1 aromatic carbocycles. The van der Waals surface area contributed by atoms with Gasteiger partial charge >= 0.3 is 0 Å². The Labute approximate surface area is 161 Å². The van der Waals surface area contributed by atoms with E-state index in [1.165, 1.54) is 27.3 Å². The third-order valence-corrected chi connectivity index (χ3v) is 5.29. The van der Waals surface area contributed by atoms with E-state index >= 15 is 0 Å². The number of nitrogens with one attached hydrogen (secondary N) is 3. The lowest BCUT2D eigenvalue weighted by Gasteiger charge is -2.21. The molecule has 0 unspecified atom stereocenters. The Morgan fingerprint density at radius 3 is 2.56 bits per heavy atom. The SMILES string of the molecule is CCCc1ccc([C@@H](NC(=S)NCCC[NH+](C)C)c2cccs2)cc1. The van der Waals surface area contributed by atoms with E-state index in [9.17, 15) is 0 Å². The van der Waals surface area contributed by atoms with E-state index < -0.39 is 0 Å². The van der Waals surface area contributed by atoms with Crippen molar-refractivity contribution in [2.45, 2.75) is 32.2 Å². The zero-order chi connectivity index (χ0) is 18.1. The van der Waals surface area contributed by atoms with E-state index in [4.69, 9.17) is 12.2 Å². The molecule has 0 aliphatic rings. The lowest BCUT2D eigenvalue weighted by Crippen LogP contribution is -3.05. The van der Waals surface area contributed by atoms with Crippen molar-refractivity contribution >= 4 is 28.7 Å². The van der Waals surface area contributed by atoms with Crippen molar-refractivity contribution in [1.82, 2.24) is 10.6 Å². The summed E-state index contributed by atoms with van der Waals surface area (Å²) in [6.07, 6.45) is 3.42. The molecule has 1 aromatic heterocycles. The Morgan fingerprint density at radius 2 is 1.96 bits per heavy atom. The van der Waals surface area contributed by atoms with Crippen molar-refractivity contribution in [2.75, 3.05) is 27.2 Å². The van der Waals surface area contributed by atoms with E-state index in [2.05, 4.69) is 73.4 Å². The van der Waals surface area contributed by atoms with E-state index in [0.29, 0.717) is 0 Å². The molecular weight excluding hydrogens is 346 g/mol. The third-order valence-electron chi connectivity index (χ3n) is 4.09. The van der Waals surface area contributed by atoms with Gasteiger partial charge in [0.05, 0.1) is 26.7 Å². The van der Waals surface area contributed by atoms with Gasteiger partial charge in [0, 0.05) is 17.8 Å². The van der Waals surface area contributed by atoms with Crippen LogP contribution >= 0.6 is 23.6 Å². The summed E-state index contributed by atoms with van der Waals surface area (Å²) in [6.45, 7) is 4.26. The van der Waals surface area contributed by atoms with Gasteiger partial charge in [-0.3, -0.25) is 0 Å². The fourth-order valence-corrected chi connectivity index (χ4v) is 3.79. The lowest BCUT2D eigenvalue weighted by atomic mass is 10.0. The van der Waals surface area contributed by atoms with Crippen LogP contribution in [0.1, 0.15) is 41.8 Å². The first kappa shape index (κ1) is 19.9. The smallest absolute Gasteiger partial charge is 0.167 e. The maximum absolute atomic E-state index is 5.53. The zero-order valence-electron chi connectivity index (χ0n) is 15.5. The average molecular weight is 377 g/mol. The molecule has 5 heteroatoms. The first-order valence-corrected chi connectivity index (χ1v) is 10.3. The summed E-state index contributed by atoms with van der Waals surface area (Å²) < 4.78 is 0. The Balaban J connectivity index is 2.00. The number of hydrogen-bond donors (Lipinski definition) is 3. The largest absolute Gasteiger partial charge is 0.362 e. The van der Waals surface area contributed by atoms with Crippen molar-refractivity contribution < 1.29 is 4.90 Å². The quantitative estimate of drug-likeness (QED) is 0.464. The minimum atomic E-state index is 0.107. The van der Waals surface area contributed by atoms with Crippen LogP contribution in [0.4, 0.5) is 0 Å². The van der Waals surface area contributed by atoms with Crippen molar-refractivity contribution in [3.05, 3.63) is 57.8 Å². The van der Waals surface area contributed by atoms with Crippen LogP contribution in [0.3, 0.4) is 0 Å². The minimum Gasteiger partial charge on any atom is -0.362 e. The Bertz CT molecular complexity index is 621. The highest BCUT2D eigenvalue weighted by molar-refractivity contribution is 7.80. The molecule has 1 heterocycles. The van der Waals surface area contributed by atoms with Crippen LogP contribution in [0.25, 0.3) is 0 Å². The van der Waals surface area contributed by atoms with Gasteiger partial charge in [0.1, 0.15) is 0 Å². The molecule has 2 aromatic rings. The molecule has 0 radical (unpaired) electrons. The first-order valence-electron chi connectivity index (χ1n) is 9.05. The van der Waals surface area contributed by atoms with Crippen molar-refractivity contribution in [3.63, 3.8) is 0 Å². The molecule has 0 aliphatic carbocycles. The first-order chi connectivity index (χ1) is 12.1. The van der Waals surface area contributed by atoms with Gasteiger partial charge in [-0.1, -0.05) is 43.7 Å². The van der Waals surface area contributed by atoms with Gasteiger partial charge in [0.2, 0.25) is 0 Å². The molecular formula is C20H30N3S2+. The van der Waals surface area contributed by atoms with Gasteiger partial charge in [-0.15, -0.1) is 11.3 Å². The number of thiocarbonyl (C=S) groups is 1. The molecule has 0 bridgehead atoms. The topological polar surface area (TPSA) is 28.5 Å². The molecule has 0 saturated carbocycles. The molecule has 0 fully saturated rings. The summed E-state index contributed by atoms with van der Waals surface area (Å²) in [5.74, 6) is 0. The molecule has 136 valence electrons. The standard InChI is InChI=1S/C20H29N3S2/c1-4-7-16-9-11-17(12-10-16)19(18-8-5-15-25-18)22-20(24)21-13-6-14-23(2)3/h5,8-12,15,19H,4,6-7,13-14H2,1-3H3,(H2,21,22,24)/p+1/t19-/m1/s1. The Morgan fingerprint density at radius 1 is 1.20 bits per heavy atom. The summed E-state index contributed by atoms with van der Waals surface area (Å²) in [6, 6.07) is 13.3. The van der Waals surface area contributed by atoms with E-state index in [0.717, 1.165) is 31.0 Å². The summed E-state index contributed by atoms with van der Waals surface area (Å²) in [4.78, 5) is 2.74. The Kier molecular flexibility index (Phi) is 8.38. The molecule has 3 nitrogen and oxygen atoms in total. The lowest BCUT2D eigenvalue weighted by molar-refractivity contribution is -0.858. The molecule has 25 heavy (non-hydrogen) atoms. The summed E-state index contributed by atoms with van der Waals surface area (Å²) >= 11 is 7.29. The van der Waals surface area contributed by atoms with Gasteiger partial charge in [-0.2, -0.15) is 0 Å². The predicted molar refractivity (Wildman–Crippen MR) is 113 cm³/mol. The molecule has 3 N–H and O–H groups in total. The third kappa shape index (κ3) is 6.77. The number of benzene rings is 1.